The van der Waals surface area contributed by atoms with Gasteiger partial charge in [0.1, 0.15) is 34.3 Å². The van der Waals surface area contributed by atoms with Crippen molar-refractivity contribution in [1.29, 1.82) is 0 Å². The summed E-state index contributed by atoms with van der Waals surface area (Å²) in [6.45, 7) is 26.8. The molecule has 10 heterocycles. The first-order valence-electron chi connectivity index (χ1n) is 42.9. The van der Waals surface area contributed by atoms with Crippen molar-refractivity contribution in [3.63, 3.8) is 0 Å². The van der Waals surface area contributed by atoms with Crippen molar-refractivity contribution in [3.8, 4) is 33.8 Å². The molecule has 7 aromatic carbocycles. The van der Waals surface area contributed by atoms with Crippen molar-refractivity contribution < 1.29 is 47.7 Å². The molecule has 0 bridgehead atoms. The van der Waals surface area contributed by atoms with E-state index in [9.17, 15) is 28.8 Å². The van der Waals surface area contributed by atoms with Crippen LogP contribution in [0, 0.1) is 19.8 Å². The minimum absolute atomic E-state index is 0.205. The molecule has 3 fully saturated rings. The van der Waals surface area contributed by atoms with E-state index in [2.05, 4.69) is 80.7 Å². The van der Waals surface area contributed by atoms with E-state index in [0.29, 0.717) is 115 Å². The van der Waals surface area contributed by atoms with Crippen molar-refractivity contribution in [2.24, 2.45) is 13.0 Å². The Balaban J connectivity index is 0.000000207. The van der Waals surface area contributed by atoms with E-state index in [1.807, 2.05) is 201 Å². The number of nitrogens with zero attached hydrogens (tertiary/aromatic N) is 11. The molecule has 4 amide bonds. The largest absolute Gasteiger partial charge is 0.493 e. The molecule has 124 heavy (non-hydrogen) atoms. The van der Waals surface area contributed by atoms with Crippen LogP contribution in [0.3, 0.4) is 0 Å². The van der Waals surface area contributed by atoms with Crippen molar-refractivity contribution in [3.05, 3.63) is 225 Å². The number of halogens is 1. The average Bonchev–Trinajstić information content (AvgIpc) is 1.40. The molecule has 0 radical (unpaired) electrons. The first kappa shape index (κ1) is 85.9. The third kappa shape index (κ3) is 19.8. The number of nitrogens with one attached hydrogen (secondary N) is 3. The van der Waals surface area contributed by atoms with Crippen LogP contribution in [0.25, 0.3) is 53.6 Å². The van der Waals surface area contributed by atoms with Gasteiger partial charge in [-0.25, -0.2) is 29.5 Å². The number of aryl methyl sites for hydroxylation is 1. The lowest BCUT2D eigenvalue weighted by molar-refractivity contribution is -0.134. The second kappa shape index (κ2) is 37.4. The molecule has 27 heteroatoms. The van der Waals surface area contributed by atoms with Crippen molar-refractivity contribution >= 4 is 129 Å². The zero-order valence-electron chi connectivity index (χ0n) is 71.7. The summed E-state index contributed by atoms with van der Waals surface area (Å²) in [5.74, 6) is 1.67. The highest BCUT2D eigenvalue weighted by atomic mass is 35.5. The van der Waals surface area contributed by atoms with Crippen LogP contribution in [0.1, 0.15) is 167 Å². The van der Waals surface area contributed by atoms with E-state index in [4.69, 9.17) is 45.6 Å². The Morgan fingerprint density at radius 2 is 1.04 bits per heavy atom. The Morgan fingerprint density at radius 1 is 0.532 bits per heavy atom. The molecular formula is C97H105ClN14O10S2. The summed E-state index contributed by atoms with van der Waals surface area (Å²) in [6.07, 6.45) is 6.20. The quantitative estimate of drug-likeness (QED) is 0.0233. The fourth-order valence-electron chi connectivity index (χ4n) is 17.3. The number of thiazole rings is 2. The maximum atomic E-state index is 14.1. The number of anilines is 5. The second-order valence-electron chi connectivity index (χ2n) is 34.5. The molecule has 3 saturated heterocycles. The molecule has 5 aliphatic heterocycles. The zero-order valence-corrected chi connectivity index (χ0v) is 74.1. The molecule has 0 saturated carbocycles. The summed E-state index contributed by atoms with van der Waals surface area (Å²) in [6, 6.07) is 53.3. The minimum atomic E-state index is -0.734. The summed E-state index contributed by atoms with van der Waals surface area (Å²) in [7, 11) is 1.93. The van der Waals surface area contributed by atoms with Crippen LogP contribution in [0.15, 0.2) is 164 Å². The van der Waals surface area contributed by atoms with E-state index in [0.717, 1.165) is 177 Å². The van der Waals surface area contributed by atoms with E-state index in [-0.39, 0.29) is 35.0 Å². The number of pyridine rings is 2. The molecule has 642 valence electrons. The molecule has 17 rings (SSSR count). The van der Waals surface area contributed by atoms with Gasteiger partial charge in [0.2, 0.25) is 11.8 Å². The number of alkyl halides is 1. The number of fused-ring (bicyclic) bond motifs is 5. The minimum Gasteiger partial charge on any atom is -0.493 e. The third-order valence-electron chi connectivity index (χ3n) is 23.6. The van der Waals surface area contributed by atoms with Crippen molar-refractivity contribution in [2.45, 2.75) is 137 Å². The van der Waals surface area contributed by atoms with E-state index < -0.39 is 29.1 Å². The molecule has 0 spiro atoms. The number of rotatable bonds is 23. The van der Waals surface area contributed by atoms with Gasteiger partial charge >= 0.3 is 11.9 Å². The molecule has 24 nitrogen and oxygen atoms in total. The van der Waals surface area contributed by atoms with Crippen LogP contribution >= 0.6 is 34.3 Å². The Bertz CT molecular complexity index is 5950. The van der Waals surface area contributed by atoms with Gasteiger partial charge in [0, 0.05) is 131 Å². The number of carbonyl (C=O) groups is 6. The summed E-state index contributed by atoms with van der Waals surface area (Å²) in [5.41, 5.74) is 13.8. The highest BCUT2D eigenvalue weighted by Gasteiger charge is 2.35. The Morgan fingerprint density at radius 3 is 1.55 bits per heavy atom. The van der Waals surface area contributed by atoms with E-state index >= 15 is 0 Å². The van der Waals surface area contributed by atoms with E-state index in [1.165, 1.54) is 28.4 Å². The van der Waals surface area contributed by atoms with Crippen LogP contribution in [0.5, 0.6) is 11.5 Å². The highest BCUT2D eigenvalue weighted by Crippen LogP contribution is 2.41. The lowest BCUT2D eigenvalue weighted by atomic mass is 9.92. The Hall–Kier alpha value is -11.7. The van der Waals surface area contributed by atoms with Gasteiger partial charge in [0.25, 0.3) is 11.8 Å². The first-order chi connectivity index (χ1) is 59.8. The van der Waals surface area contributed by atoms with Crippen LogP contribution in [-0.2, 0) is 52.0 Å². The van der Waals surface area contributed by atoms with Gasteiger partial charge in [0.15, 0.2) is 21.7 Å². The van der Waals surface area contributed by atoms with Gasteiger partial charge in [-0.2, -0.15) is 5.10 Å². The van der Waals surface area contributed by atoms with Gasteiger partial charge in [-0.1, -0.05) is 95.5 Å². The van der Waals surface area contributed by atoms with Crippen molar-refractivity contribution in [1.82, 2.24) is 44.8 Å². The number of hydrogen-bond acceptors (Lipinski definition) is 22. The SMILES string of the molecule is Cc1c(OCCCCl)cccc1-c1ccc(N2CCc3cccc(C(=O)Nc4nc5ccccc5s4)c3C2)nc1C(=O)OC(C)(C)C.Cc1c(OCCCN2CCN(CC3CCN(c4ccc5c(C6CCC(=O)NC6=O)nn(C)c5c4)CC3)CC2)cccc1-c1ccc(N2CCc3cccc(C(=O)Nc4nc5ccccc5s4)c3C2)nc1C(=O)OC(C)(C)C. The number of imide groups is 1. The normalized spacial score (nSPS) is 16.0. The molecule has 5 aromatic heterocycles. The smallest absolute Gasteiger partial charge is 0.358 e. The van der Waals surface area contributed by atoms with Gasteiger partial charge in [-0.15, -0.1) is 11.6 Å². The summed E-state index contributed by atoms with van der Waals surface area (Å²) >= 11 is 8.76. The number of piperazine rings is 1. The fourth-order valence-corrected chi connectivity index (χ4v) is 19.1. The molecular weight excluding hydrogens is 1620 g/mol. The molecule has 1 unspecified atom stereocenters. The van der Waals surface area contributed by atoms with E-state index in [1.54, 1.807) is 0 Å². The summed E-state index contributed by atoms with van der Waals surface area (Å²) in [4.78, 5) is 111. The number of benzene rings is 7. The molecule has 3 N–H and O–H groups in total. The molecule has 12 aromatic rings. The maximum Gasteiger partial charge on any atom is 0.358 e. The van der Waals surface area contributed by atoms with Gasteiger partial charge < -0.3 is 43.4 Å². The Labute approximate surface area is 735 Å². The number of ether oxygens (including phenoxy) is 4. The monoisotopic (exact) mass is 1720 g/mol. The van der Waals surface area contributed by atoms with Gasteiger partial charge in [-0.3, -0.25) is 39.8 Å². The predicted molar refractivity (Wildman–Crippen MR) is 491 cm³/mol. The number of piperidine rings is 2. The summed E-state index contributed by atoms with van der Waals surface area (Å²) in [5, 5.41) is 15.4. The number of amides is 4. The van der Waals surface area contributed by atoms with Crippen LogP contribution in [0.4, 0.5) is 27.6 Å². The summed E-state index contributed by atoms with van der Waals surface area (Å²) < 4.78 is 28.2. The number of esters is 2. The first-order valence-corrected chi connectivity index (χ1v) is 45.0. The molecule has 5 aliphatic rings. The van der Waals surface area contributed by atoms with Crippen molar-refractivity contribution in [2.75, 3.05) is 110 Å². The molecule has 1 atom stereocenters. The zero-order chi connectivity index (χ0) is 86.5. The number of carbonyl (C=O) groups excluding carboxylic acids is 6. The highest BCUT2D eigenvalue weighted by molar-refractivity contribution is 7.22. The van der Waals surface area contributed by atoms with Crippen LogP contribution in [-0.4, -0.2) is 171 Å². The Kier molecular flexibility index (Phi) is 25.9. The standard InChI is InChI=1S/C60H68N10O6S.C37H37ClN4O4S/c1-38-42(43-19-21-52(62-55(43)58(74)76-60(2,3)4)70-29-25-40-11-8-13-44(47(40)37-70)56(72)64-59-61-48-14-6-7-16-51(48)77-59)12-9-15-50(38)75-34-10-26-67-30-32-68(33-31-67)36-39-23-27-69(28-24-39)41-17-18-45-49(35-41)66(5)65-54(45)46-20-22-53(71)63-57(46)73;1-23-25(11-8-14-30(23)45-21-9-19-38)26-16-17-32(40-33(26)35(44)46-37(2,3)4)42-20-18-24-10-7-12-27(28(24)22-42)34(43)41-36-39-29-13-5-6-15-31(29)47-36/h6-9,11-19,21,35,39,46H,10,20,22-34,36-37H2,1-5H3,(H,61,64,72)(H,63,71,73);5-8,10-17H,9,18-22H2,1-4H3,(H,39,41,43). The molecule has 0 aliphatic carbocycles. The number of para-hydroxylation sites is 2. The lowest BCUT2D eigenvalue weighted by Crippen LogP contribution is -2.49. The maximum absolute atomic E-state index is 14.1. The predicted octanol–water partition coefficient (Wildman–Crippen LogP) is 17.6. The topological polar surface area (TPSA) is 261 Å². The van der Waals surface area contributed by atoms with Crippen LogP contribution < -0.4 is 40.1 Å². The number of aromatic nitrogens is 6. The van der Waals surface area contributed by atoms with Gasteiger partial charge in [0.05, 0.1) is 50.8 Å². The average molecular weight is 1730 g/mol. The van der Waals surface area contributed by atoms with Gasteiger partial charge in [-0.05, 0) is 242 Å². The number of hydrogen-bond donors (Lipinski definition) is 3. The fraction of sp³-hybridized carbons (Fsp3) is 0.371. The lowest BCUT2D eigenvalue weighted by Gasteiger charge is -2.39. The van der Waals surface area contributed by atoms with Crippen LogP contribution in [0.2, 0.25) is 0 Å². The third-order valence-corrected chi connectivity index (χ3v) is 25.8. The second-order valence-corrected chi connectivity index (χ2v) is 36.9.